The van der Waals surface area contributed by atoms with Crippen LogP contribution in [0.25, 0.3) is 0 Å². The molecule has 0 fully saturated rings. The number of imidazole rings is 1. The highest BCUT2D eigenvalue weighted by atomic mass is 15.0. The Balaban J connectivity index is 2.05. The van der Waals surface area contributed by atoms with Gasteiger partial charge in [0.15, 0.2) is 0 Å². The van der Waals surface area contributed by atoms with Gasteiger partial charge in [0, 0.05) is 25.9 Å². The van der Waals surface area contributed by atoms with Crippen LogP contribution in [-0.2, 0) is 13.5 Å². The van der Waals surface area contributed by atoms with Gasteiger partial charge in [0.05, 0.1) is 0 Å². The smallest absolute Gasteiger partial charge is 0.108 e. The number of rotatable bonds is 10. The van der Waals surface area contributed by atoms with Gasteiger partial charge in [-0.1, -0.05) is 33.1 Å². The average Bonchev–Trinajstić information content (AvgIpc) is 2.78. The Hall–Kier alpha value is -0.830. The molecular weight excluding hydrogens is 222 g/mol. The van der Waals surface area contributed by atoms with Gasteiger partial charge >= 0.3 is 0 Å². The molecule has 1 heterocycles. The van der Waals surface area contributed by atoms with E-state index in [1.807, 2.05) is 12.4 Å². The van der Waals surface area contributed by atoms with Gasteiger partial charge in [-0.25, -0.2) is 4.98 Å². The van der Waals surface area contributed by atoms with Gasteiger partial charge in [0.1, 0.15) is 5.82 Å². The second-order valence-electron chi connectivity index (χ2n) is 5.18. The summed E-state index contributed by atoms with van der Waals surface area (Å²) in [6.07, 6.45) is 11.5. The molecule has 0 amide bonds. The van der Waals surface area contributed by atoms with E-state index in [-0.39, 0.29) is 0 Å². The van der Waals surface area contributed by atoms with Crippen molar-refractivity contribution in [3.63, 3.8) is 0 Å². The van der Waals surface area contributed by atoms with E-state index in [0.29, 0.717) is 0 Å². The third-order valence-electron chi connectivity index (χ3n) is 3.65. The van der Waals surface area contributed by atoms with Gasteiger partial charge in [0.25, 0.3) is 0 Å². The highest BCUT2D eigenvalue weighted by Crippen LogP contribution is 2.11. The summed E-state index contributed by atoms with van der Waals surface area (Å²) < 4.78 is 2.11. The van der Waals surface area contributed by atoms with E-state index in [4.69, 9.17) is 0 Å². The first-order chi connectivity index (χ1) is 8.77. The van der Waals surface area contributed by atoms with E-state index in [2.05, 4.69) is 35.8 Å². The number of hydrogen-bond donors (Lipinski definition) is 1. The van der Waals surface area contributed by atoms with Gasteiger partial charge in [-0.3, -0.25) is 0 Å². The van der Waals surface area contributed by atoms with E-state index in [9.17, 15) is 0 Å². The molecule has 0 bridgehead atoms. The lowest BCUT2D eigenvalue weighted by Gasteiger charge is -2.15. The first-order valence-electron chi connectivity index (χ1n) is 7.44. The van der Waals surface area contributed by atoms with Crippen LogP contribution >= 0.6 is 0 Å². The van der Waals surface area contributed by atoms with Crippen LogP contribution in [0.3, 0.4) is 0 Å². The summed E-state index contributed by atoms with van der Waals surface area (Å²) in [4.78, 5) is 4.34. The zero-order valence-corrected chi connectivity index (χ0v) is 12.3. The third-order valence-corrected chi connectivity index (χ3v) is 3.65. The molecule has 18 heavy (non-hydrogen) atoms. The molecule has 1 aromatic rings. The van der Waals surface area contributed by atoms with Gasteiger partial charge in [-0.05, 0) is 31.8 Å². The first-order valence-corrected chi connectivity index (χ1v) is 7.44. The molecule has 1 rings (SSSR count). The molecule has 0 aliphatic rings. The molecule has 0 spiro atoms. The minimum atomic E-state index is 0.859. The molecule has 1 N–H and O–H groups in total. The predicted molar refractivity (Wildman–Crippen MR) is 77.7 cm³/mol. The van der Waals surface area contributed by atoms with Crippen molar-refractivity contribution >= 4 is 0 Å². The lowest BCUT2D eigenvalue weighted by Crippen LogP contribution is -2.24. The van der Waals surface area contributed by atoms with Crippen molar-refractivity contribution in [3.05, 3.63) is 18.2 Å². The molecule has 1 atom stereocenters. The maximum atomic E-state index is 4.34. The van der Waals surface area contributed by atoms with Crippen LogP contribution in [0.1, 0.15) is 51.8 Å². The Morgan fingerprint density at radius 3 is 2.78 bits per heavy atom. The van der Waals surface area contributed by atoms with Crippen molar-refractivity contribution in [2.24, 2.45) is 13.0 Å². The van der Waals surface area contributed by atoms with Crippen LogP contribution in [0.15, 0.2) is 12.4 Å². The summed E-state index contributed by atoms with van der Waals surface area (Å²) in [5.41, 5.74) is 0. The summed E-state index contributed by atoms with van der Waals surface area (Å²) in [6, 6.07) is 0. The number of unbranched alkanes of at least 4 members (excludes halogenated alkanes) is 1. The van der Waals surface area contributed by atoms with Crippen LogP contribution < -0.4 is 5.32 Å². The molecule has 1 unspecified atom stereocenters. The standard InChI is InChI=1S/C15H29N3/c1-4-6-8-14(5-2)13-16-10-7-9-15-17-11-12-18(15)3/h11-12,14,16H,4-10,13H2,1-3H3. The van der Waals surface area contributed by atoms with Crippen LogP contribution in [0.2, 0.25) is 0 Å². The number of aryl methyl sites for hydroxylation is 2. The molecule has 0 aromatic carbocycles. The molecule has 1 aromatic heterocycles. The van der Waals surface area contributed by atoms with Gasteiger partial charge < -0.3 is 9.88 Å². The zero-order valence-electron chi connectivity index (χ0n) is 12.3. The van der Waals surface area contributed by atoms with E-state index in [1.165, 1.54) is 44.5 Å². The van der Waals surface area contributed by atoms with E-state index in [0.717, 1.165) is 18.9 Å². The Morgan fingerprint density at radius 2 is 2.17 bits per heavy atom. The summed E-state index contributed by atoms with van der Waals surface area (Å²) in [5.74, 6) is 2.05. The largest absolute Gasteiger partial charge is 0.338 e. The summed E-state index contributed by atoms with van der Waals surface area (Å²) in [6.45, 7) is 6.86. The van der Waals surface area contributed by atoms with Gasteiger partial charge in [-0.2, -0.15) is 0 Å². The fourth-order valence-electron chi connectivity index (χ4n) is 2.26. The van der Waals surface area contributed by atoms with E-state index < -0.39 is 0 Å². The molecule has 0 saturated heterocycles. The fraction of sp³-hybridized carbons (Fsp3) is 0.800. The maximum absolute atomic E-state index is 4.34. The SMILES string of the molecule is CCCCC(CC)CNCCCc1nccn1C. The summed E-state index contributed by atoms with van der Waals surface area (Å²) >= 11 is 0. The van der Waals surface area contributed by atoms with Crippen molar-refractivity contribution in [1.29, 1.82) is 0 Å². The van der Waals surface area contributed by atoms with Crippen molar-refractivity contribution in [2.75, 3.05) is 13.1 Å². The summed E-state index contributed by atoms with van der Waals surface area (Å²) in [5, 5.41) is 3.59. The molecule has 3 heteroatoms. The minimum absolute atomic E-state index is 0.859. The summed E-state index contributed by atoms with van der Waals surface area (Å²) in [7, 11) is 2.06. The second-order valence-corrected chi connectivity index (χ2v) is 5.18. The van der Waals surface area contributed by atoms with Crippen LogP contribution in [-0.4, -0.2) is 22.6 Å². The van der Waals surface area contributed by atoms with Crippen molar-refractivity contribution < 1.29 is 0 Å². The molecule has 0 aliphatic heterocycles. The Kier molecular flexibility index (Phi) is 7.74. The lowest BCUT2D eigenvalue weighted by molar-refractivity contribution is 0.418. The molecule has 0 radical (unpaired) electrons. The van der Waals surface area contributed by atoms with Gasteiger partial charge in [-0.15, -0.1) is 0 Å². The average molecular weight is 251 g/mol. The number of aromatic nitrogens is 2. The monoisotopic (exact) mass is 251 g/mol. The number of nitrogens with one attached hydrogen (secondary N) is 1. The Labute approximate surface area is 112 Å². The molecule has 0 aliphatic carbocycles. The zero-order chi connectivity index (χ0) is 13.2. The predicted octanol–water partition coefficient (Wildman–Crippen LogP) is 3.16. The molecule has 104 valence electrons. The fourth-order valence-corrected chi connectivity index (χ4v) is 2.26. The van der Waals surface area contributed by atoms with Crippen LogP contribution in [0.5, 0.6) is 0 Å². The minimum Gasteiger partial charge on any atom is -0.338 e. The molecular formula is C15H29N3. The highest BCUT2D eigenvalue weighted by molar-refractivity contribution is 4.90. The first kappa shape index (κ1) is 15.2. The van der Waals surface area contributed by atoms with E-state index >= 15 is 0 Å². The number of nitrogens with zero attached hydrogens (tertiary/aromatic N) is 2. The van der Waals surface area contributed by atoms with Crippen molar-refractivity contribution in [1.82, 2.24) is 14.9 Å². The van der Waals surface area contributed by atoms with Crippen molar-refractivity contribution in [2.45, 2.75) is 52.4 Å². The quantitative estimate of drug-likeness (QED) is 0.647. The lowest BCUT2D eigenvalue weighted by atomic mass is 9.99. The number of hydrogen-bond acceptors (Lipinski definition) is 2. The Morgan fingerprint density at radius 1 is 1.33 bits per heavy atom. The van der Waals surface area contributed by atoms with Gasteiger partial charge in [0.2, 0.25) is 0 Å². The molecule has 3 nitrogen and oxygen atoms in total. The van der Waals surface area contributed by atoms with Crippen molar-refractivity contribution in [3.8, 4) is 0 Å². The Bertz CT molecular complexity index is 306. The highest BCUT2D eigenvalue weighted by Gasteiger charge is 2.05. The van der Waals surface area contributed by atoms with Crippen LogP contribution in [0.4, 0.5) is 0 Å². The van der Waals surface area contributed by atoms with E-state index in [1.54, 1.807) is 0 Å². The van der Waals surface area contributed by atoms with Crippen LogP contribution in [0, 0.1) is 5.92 Å². The molecule has 0 saturated carbocycles. The normalized spacial score (nSPS) is 12.8. The topological polar surface area (TPSA) is 29.9 Å². The second kappa shape index (κ2) is 9.15. The third kappa shape index (κ3) is 5.67. The maximum Gasteiger partial charge on any atom is 0.108 e.